The number of ether oxygens (including phenoxy) is 3. The first-order valence-corrected chi connectivity index (χ1v) is 8.64. The molecule has 1 aromatic rings. The van der Waals surface area contributed by atoms with E-state index < -0.39 is 6.04 Å². The average molecular weight is 348 g/mol. The molecule has 7 nitrogen and oxygen atoms in total. The molecule has 25 heavy (non-hydrogen) atoms. The van der Waals surface area contributed by atoms with Gasteiger partial charge < -0.3 is 24.8 Å². The molecule has 2 aliphatic rings. The van der Waals surface area contributed by atoms with Crippen molar-refractivity contribution in [2.24, 2.45) is 0 Å². The zero-order chi connectivity index (χ0) is 17.6. The van der Waals surface area contributed by atoms with E-state index in [-0.39, 0.29) is 17.9 Å². The third kappa shape index (κ3) is 4.63. The standard InChI is InChI=1S/C18H24N2O5/c1-23-16-9-12(10-19-18(22)14-5-7-17(21)20-14)4-6-15(16)25-11-13-3-2-8-24-13/h4,6,9,13-14H,2-3,5,7-8,10-11H2,1H3,(H,19,22)(H,20,21)/t13-,14-/m1/s1. The van der Waals surface area contributed by atoms with Crippen LogP contribution in [-0.2, 0) is 20.9 Å². The molecule has 2 N–H and O–H groups in total. The molecule has 0 radical (unpaired) electrons. The molecule has 7 heteroatoms. The number of hydrogen-bond donors (Lipinski definition) is 2. The lowest BCUT2D eigenvalue weighted by atomic mass is 10.1. The van der Waals surface area contributed by atoms with Gasteiger partial charge in [-0.1, -0.05) is 6.07 Å². The van der Waals surface area contributed by atoms with Crippen LogP contribution in [0.1, 0.15) is 31.2 Å². The predicted octanol–water partition coefficient (Wildman–Crippen LogP) is 1.15. The first-order chi connectivity index (χ1) is 12.2. The second-order valence-corrected chi connectivity index (χ2v) is 6.31. The van der Waals surface area contributed by atoms with Gasteiger partial charge in [-0.3, -0.25) is 9.59 Å². The molecule has 2 saturated heterocycles. The second kappa shape index (κ2) is 8.20. The smallest absolute Gasteiger partial charge is 0.242 e. The van der Waals surface area contributed by atoms with Crippen molar-refractivity contribution in [2.45, 2.75) is 44.4 Å². The minimum absolute atomic E-state index is 0.0745. The van der Waals surface area contributed by atoms with Crippen LogP contribution in [-0.4, -0.2) is 44.3 Å². The minimum atomic E-state index is -0.427. The molecule has 2 aliphatic heterocycles. The molecule has 0 aliphatic carbocycles. The number of hydrogen-bond acceptors (Lipinski definition) is 5. The molecule has 0 unspecified atom stereocenters. The van der Waals surface area contributed by atoms with Crippen molar-refractivity contribution in [3.63, 3.8) is 0 Å². The summed E-state index contributed by atoms with van der Waals surface area (Å²) >= 11 is 0. The molecule has 0 spiro atoms. The fourth-order valence-electron chi connectivity index (χ4n) is 3.02. The van der Waals surface area contributed by atoms with E-state index in [4.69, 9.17) is 14.2 Å². The topological polar surface area (TPSA) is 85.9 Å². The van der Waals surface area contributed by atoms with Crippen LogP contribution in [0.2, 0.25) is 0 Å². The van der Waals surface area contributed by atoms with Gasteiger partial charge in [0.1, 0.15) is 12.6 Å². The molecule has 2 amide bonds. The van der Waals surface area contributed by atoms with Crippen molar-refractivity contribution in [1.82, 2.24) is 10.6 Å². The first-order valence-electron chi connectivity index (χ1n) is 8.64. The highest BCUT2D eigenvalue weighted by molar-refractivity contribution is 5.90. The van der Waals surface area contributed by atoms with E-state index in [1.807, 2.05) is 18.2 Å². The van der Waals surface area contributed by atoms with E-state index >= 15 is 0 Å². The molecule has 2 atom stereocenters. The number of carbonyl (C=O) groups excluding carboxylic acids is 2. The van der Waals surface area contributed by atoms with Gasteiger partial charge in [-0.25, -0.2) is 0 Å². The molecule has 1 aromatic carbocycles. The Bertz CT molecular complexity index is 628. The van der Waals surface area contributed by atoms with Crippen LogP contribution in [0.5, 0.6) is 11.5 Å². The first kappa shape index (κ1) is 17.5. The number of carbonyl (C=O) groups is 2. The Morgan fingerprint density at radius 2 is 2.24 bits per heavy atom. The van der Waals surface area contributed by atoms with Gasteiger partial charge in [0.05, 0.1) is 13.2 Å². The van der Waals surface area contributed by atoms with E-state index in [0.29, 0.717) is 37.5 Å². The molecular weight excluding hydrogens is 324 g/mol. The highest BCUT2D eigenvalue weighted by atomic mass is 16.5. The minimum Gasteiger partial charge on any atom is -0.493 e. The summed E-state index contributed by atoms with van der Waals surface area (Å²) in [6, 6.07) is 5.15. The highest BCUT2D eigenvalue weighted by Gasteiger charge is 2.26. The fraction of sp³-hybridized carbons (Fsp3) is 0.556. The van der Waals surface area contributed by atoms with Crippen LogP contribution in [0, 0.1) is 0 Å². The van der Waals surface area contributed by atoms with Crippen LogP contribution < -0.4 is 20.1 Å². The van der Waals surface area contributed by atoms with Crippen molar-refractivity contribution in [1.29, 1.82) is 0 Å². The molecule has 136 valence electrons. The predicted molar refractivity (Wildman–Crippen MR) is 90.5 cm³/mol. The quantitative estimate of drug-likeness (QED) is 0.772. The van der Waals surface area contributed by atoms with Crippen LogP contribution in [0.15, 0.2) is 18.2 Å². The van der Waals surface area contributed by atoms with Crippen LogP contribution >= 0.6 is 0 Å². The maximum atomic E-state index is 12.0. The zero-order valence-corrected chi connectivity index (χ0v) is 14.4. The number of methoxy groups -OCH3 is 1. The van der Waals surface area contributed by atoms with E-state index in [9.17, 15) is 9.59 Å². The Labute approximate surface area is 147 Å². The summed E-state index contributed by atoms with van der Waals surface area (Å²) in [5, 5.41) is 5.50. The monoisotopic (exact) mass is 348 g/mol. The Hall–Kier alpha value is -2.28. The van der Waals surface area contributed by atoms with Gasteiger partial charge >= 0.3 is 0 Å². The summed E-state index contributed by atoms with van der Waals surface area (Å²) in [6.45, 7) is 1.67. The fourth-order valence-corrected chi connectivity index (χ4v) is 3.02. The molecule has 2 heterocycles. The second-order valence-electron chi connectivity index (χ2n) is 6.31. The van der Waals surface area contributed by atoms with E-state index in [1.54, 1.807) is 7.11 Å². The third-order valence-corrected chi connectivity index (χ3v) is 4.46. The average Bonchev–Trinajstić information content (AvgIpc) is 3.29. The van der Waals surface area contributed by atoms with Crippen molar-refractivity contribution in [2.75, 3.05) is 20.3 Å². The number of nitrogens with one attached hydrogen (secondary N) is 2. The van der Waals surface area contributed by atoms with Crippen LogP contribution in [0.25, 0.3) is 0 Å². The summed E-state index contributed by atoms with van der Waals surface area (Å²) in [6.07, 6.45) is 3.19. The van der Waals surface area contributed by atoms with Crippen LogP contribution in [0.4, 0.5) is 0 Å². The van der Waals surface area contributed by atoms with Crippen molar-refractivity contribution < 1.29 is 23.8 Å². The maximum absolute atomic E-state index is 12.0. The molecule has 0 aromatic heterocycles. The Kier molecular flexibility index (Phi) is 5.75. The Balaban J connectivity index is 1.53. The summed E-state index contributed by atoms with van der Waals surface area (Å²) in [4.78, 5) is 23.2. The van der Waals surface area contributed by atoms with Crippen molar-refractivity contribution in [3.8, 4) is 11.5 Å². The lowest BCUT2D eigenvalue weighted by Crippen LogP contribution is -2.41. The van der Waals surface area contributed by atoms with E-state index in [1.165, 1.54) is 0 Å². The molecule has 0 bridgehead atoms. The van der Waals surface area contributed by atoms with Gasteiger partial charge in [-0.05, 0) is 37.0 Å². The van der Waals surface area contributed by atoms with E-state index in [2.05, 4.69) is 10.6 Å². The lowest BCUT2D eigenvalue weighted by Gasteiger charge is -2.15. The Morgan fingerprint density at radius 3 is 2.92 bits per heavy atom. The zero-order valence-electron chi connectivity index (χ0n) is 14.4. The maximum Gasteiger partial charge on any atom is 0.242 e. The molecule has 3 rings (SSSR count). The van der Waals surface area contributed by atoms with Crippen molar-refractivity contribution in [3.05, 3.63) is 23.8 Å². The van der Waals surface area contributed by atoms with Gasteiger partial charge in [0.2, 0.25) is 11.8 Å². The number of benzene rings is 1. The Morgan fingerprint density at radius 1 is 1.36 bits per heavy atom. The molecule has 0 saturated carbocycles. The summed E-state index contributed by atoms with van der Waals surface area (Å²) in [5.41, 5.74) is 0.902. The largest absolute Gasteiger partial charge is 0.493 e. The molecule has 2 fully saturated rings. The van der Waals surface area contributed by atoms with Crippen LogP contribution in [0.3, 0.4) is 0 Å². The number of amides is 2. The molecular formula is C18H24N2O5. The number of rotatable bonds is 7. The van der Waals surface area contributed by atoms with Gasteiger partial charge in [0, 0.05) is 19.6 Å². The summed E-state index contributed by atoms with van der Waals surface area (Å²) < 4.78 is 16.7. The summed E-state index contributed by atoms with van der Waals surface area (Å²) in [5.74, 6) is 1.05. The normalized spacial score (nSPS) is 22.5. The van der Waals surface area contributed by atoms with Crippen molar-refractivity contribution >= 4 is 11.8 Å². The summed E-state index contributed by atoms with van der Waals surface area (Å²) in [7, 11) is 1.59. The van der Waals surface area contributed by atoms with Gasteiger partial charge in [0.25, 0.3) is 0 Å². The van der Waals surface area contributed by atoms with Gasteiger partial charge in [-0.2, -0.15) is 0 Å². The lowest BCUT2D eigenvalue weighted by molar-refractivity contribution is -0.125. The highest BCUT2D eigenvalue weighted by Crippen LogP contribution is 2.29. The SMILES string of the molecule is COc1cc(CNC(=O)[C@H]2CCC(=O)N2)ccc1OC[C@H]1CCCO1. The van der Waals surface area contributed by atoms with Gasteiger partial charge in [-0.15, -0.1) is 0 Å². The van der Waals surface area contributed by atoms with Gasteiger partial charge in [0.15, 0.2) is 11.5 Å². The van der Waals surface area contributed by atoms with E-state index in [0.717, 1.165) is 25.0 Å². The third-order valence-electron chi connectivity index (χ3n) is 4.46.